The first-order chi connectivity index (χ1) is 10.0. The van der Waals surface area contributed by atoms with E-state index in [2.05, 4.69) is 4.74 Å². The van der Waals surface area contributed by atoms with Crippen LogP contribution in [0.25, 0.3) is 0 Å². The van der Waals surface area contributed by atoms with Gasteiger partial charge in [0.05, 0.1) is 23.3 Å². The fourth-order valence-corrected chi connectivity index (χ4v) is 2.27. The second kappa shape index (κ2) is 6.48. The van der Waals surface area contributed by atoms with Gasteiger partial charge in [-0.25, -0.2) is 4.79 Å². The molecule has 0 N–H and O–H groups in total. The number of nitrogens with zero attached hydrogens (tertiary/aromatic N) is 1. The van der Waals surface area contributed by atoms with Crippen molar-refractivity contribution >= 4 is 17.7 Å². The van der Waals surface area contributed by atoms with Gasteiger partial charge in [-0.05, 0) is 30.8 Å². The van der Waals surface area contributed by atoms with Gasteiger partial charge in [-0.3, -0.25) is 0 Å². The maximum absolute atomic E-state index is 12.8. The fraction of sp³-hybridized carbons (Fsp3) is 0.333. The minimum Gasteiger partial charge on any atom is -0.462 e. The Morgan fingerprint density at radius 2 is 1.86 bits per heavy atom. The van der Waals surface area contributed by atoms with Crippen LogP contribution in [0.15, 0.2) is 17.0 Å². The molecule has 0 unspecified atom stereocenters. The van der Waals surface area contributed by atoms with Crippen LogP contribution in [0.3, 0.4) is 0 Å². The summed E-state index contributed by atoms with van der Waals surface area (Å²) in [5.41, 5.74) is -8.53. The van der Waals surface area contributed by atoms with Gasteiger partial charge >= 0.3 is 17.7 Å². The van der Waals surface area contributed by atoms with E-state index in [1.807, 2.05) is 0 Å². The third kappa shape index (κ3) is 4.30. The predicted octanol–water partition coefficient (Wildman–Crippen LogP) is 4.37. The zero-order valence-electron chi connectivity index (χ0n) is 10.8. The van der Waals surface area contributed by atoms with E-state index in [1.165, 1.54) is 6.92 Å². The van der Waals surface area contributed by atoms with Crippen molar-refractivity contribution in [2.45, 2.75) is 23.5 Å². The molecule has 0 aromatic heterocycles. The lowest BCUT2D eigenvalue weighted by Gasteiger charge is -2.16. The molecule has 22 heavy (non-hydrogen) atoms. The first-order valence-corrected chi connectivity index (χ1v) is 6.40. The number of alkyl halides is 6. The van der Waals surface area contributed by atoms with Crippen molar-refractivity contribution in [3.8, 4) is 6.07 Å². The van der Waals surface area contributed by atoms with Gasteiger partial charge in [0.25, 0.3) is 0 Å². The molecule has 0 atom stereocenters. The number of ether oxygens (including phenoxy) is 1. The molecule has 0 heterocycles. The van der Waals surface area contributed by atoms with E-state index >= 15 is 0 Å². The van der Waals surface area contributed by atoms with Crippen molar-refractivity contribution in [2.24, 2.45) is 0 Å². The van der Waals surface area contributed by atoms with E-state index in [9.17, 15) is 31.1 Å². The SMILES string of the molecule is CCOC(=O)c1ccc(C(F)(F)F)c(C#N)c1SC(F)(F)F. The van der Waals surface area contributed by atoms with Gasteiger partial charge in [-0.2, -0.15) is 31.6 Å². The summed E-state index contributed by atoms with van der Waals surface area (Å²) in [6, 6.07) is 2.03. The molecule has 0 saturated carbocycles. The zero-order valence-corrected chi connectivity index (χ0v) is 11.6. The molecule has 0 fully saturated rings. The minimum atomic E-state index is -5.03. The molecule has 10 heteroatoms. The lowest BCUT2D eigenvalue weighted by molar-refractivity contribution is -0.138. The Morgan fingerprint density at radius 3 is 2.27 bits per heavy atom. The summed E-state index contributed by atoms with van der Waals surface area (Å²) in [6.45, 7) is 1.20. The van der Waals surface area contributed by atoms with E-state index in [-0.39, 0.29) is 6.61 Å². The Labute approximate surface area is 124 Å². The molecular formula is C12H7F6NO2S. The topological polar surface area (TPSA) is 50.1 Å². The Morgan fingerprint density at radius 1 is 1.27 bits per heavy atom. The largest absolute Gasteiger partial charge is 0.462 e. The van der Waals surface area contributed by atoms with Crippen LogP contribution in [0.4, 0.5) is 26.3 Å². The molecule has 0 spiro atoms. The average Bonchev–Trinajstić information content (AvgIpc) is 2.35. The Hall–Kier alpha value is -1.89. The maximum atomic E-state index is 12.8. The number of hydrogen-bond acceptors (Lipinski definition) is 4. The van der Waals surface area contributed by atoms with E-state index in [4.69, 9.17) is 5.26 Å². The lowest BCUT2D eigenvalue weighted by Crippen LogP contribution is -2.15. The lowest BCUT2D eigenvalue weighted by atomic mass is 10.0. The Balaban J connectivity index is 3.61. The predicted molar refractivity (Wildman–Crippen MR) is 64.0 cm³/mol. The van der Waals surface area contributed by atoms with Gasteiger partial charge in [0.2, 0.25) is 0 Å². The second-order valence-electron chi connectivity index (χ2n) is 3.74. The van der Waals surface area contributed by atoms with Crippen molar-refractivity contribution in [1.82, 2.24) is 0 Å². The van der Waals surface area contributed by atoms with Gasteiger partial charge in [0, 0.05) is 4.90 Å². The molecule has 0 aliphatic carbocycles. The summed E-state index contributed by atoms with van der Waals surface area (Å²) in [6.07, 6.45) is -5.03. The Kier molecular flexibility index (Phi) is 5.35. The smallest absolute Gasteiger partial charge is 0.446 e. The molecule has 0 radical (unpaired) electrons. The van der Waals surface area contributed by atoms with Crippen LogP contribution in [-0.2, 0) is 10.9 Å². The molecular weight excluding hydrogens is 336 g/mol. The van der Waals surface area contributed by atoms with E-state index in [1.54, 1.807) is 0 Å². The molecule has 0 saturated heterocycles. The van der Waals surface area contributed by atoms with E-state index in [0.717, 1.165) is 6.07 Å². The molecule has 0 aliphatic heterocycles. The normalized spacial score (nSPS) is 11.9. The van der Waals surface area contributed by atoms with Crippen molar-refractivity contribution < 1.29 is 35.9 Å². The number of halogens is 6. The van der Waals surface area contributed by atoms with Crippen LogP contribution in [0.5, 0.6) is 0 Å². The first kappa shape index (κ1) is 18.2. The molecule has 1 aromatic carbocycles. The van der Waals surface area contributed by atoms with E-state index < -0.39 is 51.0 Å². The van der Waals surface area contributed by atoms with Crippen LogP contribution in [-0.4, -0.2) is 18.1 Å². The number of thioether (sulfide) groups is 1. The fourth-order valence-electron chi connectivity index (χ4n) is 1.52. The summed E-state index contributed by atoms with van der Waals surface area (Å²) < 4.78 is 80.4. The van der Waals surface area contributed by atoms with Crippen LogP contribution in [0.1, 0.15) is 28.4 Å². The van der Waals surface area contributed by atoms with Crippen molar-refractivity contribution in [3.63, 3.8) is 0 Å². The molecule has 3 nitrogen and oxygen atoms in total. The van der Waals surface area contributed by atoms with Crippen LogP contribution in [0, 0.1) is 11.3 Å². The highest BCUT2D eigenvalue weighted by atomic mass is 32.2. The third-order valence-corrected chi connectivity index (χ3v) is 3.15. The molecule has 0 aliphatic rings. The zero-order chi connectivity index (χ0) is 17.1. The maximum Gasteiger partial charge on any atom is 0.446 e. The number of rotatable bonds is 3. The molecule has 1 rings (SSSR count). The van der Waals surface area contributed by atoms with Gasteiger partial charge in [-0.1, -0.05) is 0 Å². The number of carbonyl (C=O) groups excluding carboxylic acids is 1. The molecule has 1 aromatic rings. The Bertz CT molecular complexity index is 618. The number of nitriles is 1. The second-order valence-corrected chi connectivity index (χ2v) is 4.82. The number of benzene rings is 1. The standard InChI is InChI=1S/C12H7F6NO2S/c1-2-21-10(20)6-3-4-8(11(13,14)15)7(5-19)9(6)22-12(16,17)18/h3-4H,2H2,1H3. The highest BCUT2D eigenvalue weighted by molar-refractivity contribution is 8.00. The number of esters is 1. The van der Waals surface area contributed by atoms with E-state index in [0.29, 0.717) is 12.1 Å². The third-order valence-electron chi connectivity index (χ3n) is 2.29. The van der Waals surface area contributed by atoms with Crippen molar-refractivity contribution in [1.29, 1.82) is 5.26 Å². The molecule has 0 bridgehead atoms. The highest BCUT2D eigenvalue weighted by Gasteiger charge is 2.39. The summed E-state index contributed by atoms with van der Waals surface area (Å²) in [5, 5.41) is 8.81. The number of hydrogen-bond donors (Lipinski definition) is 0. The van der Waals surface area contributed by atoms with Crippen LogP contribution in [0.2, 0.25) is 0 Å². The summed E-state index contributed by atoms with van der Waals surface area (Å²) >= 11 is -0.960. The van der Waals surface area contributed by atoms with Gasteiger partial charge in [0.15, 0.2) is 0 Å². The number of carbonyl (C=O) groups is 1. The van der Waals surface area contributed by atoms with Gasteiger partial charge in [0.1, 0.15) is 6.07 Å². The highest BCUT2D eigenvalue weighted by Crippen LogP contribution is 2.44. The summed E-state index contributed by atoms with van der Waals surface area (Å²) in [5.74, 6) is -1.24. The molecule has 120 valence electrons. The van der Waals surface area contributed by atoms with Gasteiger partial charge < -0.3 is 4.74 Å². The van der Waals surface area contributed by atoms with Crippen molar-refractivity contribution in [3.05, 3.63) is 28.8 Å². The minimum absolute atomic E-state index is 0.183. The monoisotopic (exact) mass is 343 g/mol. The summed E-state index contributed by atoms with van der Waals surface area (Å²) in [4.78, 5) is 10.5. The van der Waals surface area contributed by atoms with Crippen LogP contribution < -0.4 is 0 Å². The summed E-state index contributed by atoms with van der Waals surface area (Å²) in [7, 11) is 0. The average molecular weight is 343 g/mol. The van der Waals surface area contributed by atoms with Crippen molar-refractivity contribution in [2.75, 3.05) is 6.61 Å². The van der Waals surface area contributed by atoms with Crippen LogP contribution >= 0.6 is 11.8 Å². The van der Waals surface area contributed by atoms with Gasteiger partial charge in [-0.15, -0.1) is 0 Å². The molecule has 0 amide bonds. The quantitative estimate of drug-likeness (QED) is 0.465. The first-order valence-electron chi connectivity index (χ1n) is 5.58.